The Hall–Kier alpha value is -1.22. The first kappa shape index (κ1) is 11.8. The Morgan fingerprint density at radius 1 is 1.17 bits per heavy atom. The molecule has 1 unspecified atom stereocenters. The molecule has 1 aliphatic heterocycles. The largest absolute Gasteiger partial charge is 0.496 e. The van der Waals surface area contributed by atoms with Gasteiger partial charge in [-0.1, -0.05) is 0 Å². The Morgan fingerprint density at radius 2 is 2.00 bits per heavy atom. The van der Waals surface area contributed by atoms with Crippen LogP contribution in [0.5, 0.6) is 11.5 Å². The maximum atomic E-state index is 5.72. The number of methoxy groups -OCH3 is 2. The molecule has 1 aliphatic carbocycles. The summed E-state index contributed by atoms with van der Waals surface area (Å²) in [4.78, 5) is 0. The van der Waals surface area contributed by atoms with Gasteiger partial charge in [0.2, 0.25) is 0 Å². The van der Waals surface area contributed by atoms with Crippen LogP contribution < -0.4 is 14.8 Å². The summed E-state index contributed by atoms with van der Waals surface area (Å²) in [6.45, 7) is 2.16. The van der Waals surface area contributed by atoms with Crippen molar-refractivity contribution in [1.82, 2.24) is 5.32 Å². The van der Waals surface area contributed by atoms with Gasteiger partial charge in [-0.15, -0.1) is 0 Å². The maximum Gasteiger partial charge on any atom is 0.126 e. The second-order valence-corrected chi connectivity index (χ2v) is 5.20. The molecule has 3 heteroatoms. The fourth-order valence-electron chi connectivity index (χ4n) is 3.38. The number of ether oxygens (including phenoxy) is 2. The molecule has 0 bridgehead atoms. The Labute approximate surface area is 108 Å². The predicted octanol–water partition coefficient (Wildman–Crippen LogP) is 2.27. The number of fused-ring (bicyclic) bond motifs is 1. The summed E-state index contributed by atoms with van der Waals surface area (Å²) in [5.74, 6) is 2.75. The lowest BCUT2D eigenvalue weighted by atomic mass is 9.92. The maximum absolute atomic E-state index is 5.72. The van der Waals surface area contributed by atoms with Crippen molar-refractivity contribution in [1.29, 1.82) is 0 Å². The summed E-state index contributed by atoms with van der Waals surface area (Å²) in [5, 5.41) is 3.43. The fourth-order valence-corrected chi connectivity index (χ4v) is 3.38. The predicted molar refractivity (Wildman–Crippen MR) is 71.8 cm³/mol. The summed E-state index contributed by atoms with van der Waals surface area (Å²) in [7, 11) is 3.57. The zero-order valence-electron chi connectivity index (χ0n) is 11.2. The van der Waals surface area contributed by atoms with Crippen molar-refractivity contribution in [3.63, 3.8) is 0 Å². The highest BCUT2D eigenvalue weighted by Gasteiger charge is 2.28. The van der Waals surface area contributed by atoms with E-state index in [4.69, 9.17) is 9.47 Å². The van der Waals surface area contributed by atoms with E-state index < -0.39 is 0 Å². The van der Waals surface area contributed by atoms with E-state index >= 15 is 0 Å². The monoisotopic (exact) mass is 247 g/mol. The molecule has 1 atom stereocenters. The van der Waals surface area contributed by atoms with E-state index in [0.29, 0.717) is 5.92 Å². The molecule has 1 aromatic carbocycles. The highest BCUT2D eigenvalue weighted by molar-refractivity contribution is 5.57. The molecule has 18 heavy (non-hydrogen) atoms. The number of hydrogen-bond donors (Lipinski definition) is 1. The summed E-state index contributed by atoms with van der Waals surface area (Å²) in [5.41, 5.74) is 4.09. The van der Waals surface area contributed by atoms with E-state index in [1.165, 1.54) is 29.5 Å². The van der Waals surface area contributed by atoms with Gasteiger partial charge in [-0.25, -0.2) is 0 Å². The van der Waals surface area contributed by atoms with Crippen molar-refractivity contribution in [3.05, 3.63) is 22.8 Å². The molecule has 98 valence electrons. The van der Waals surface area contributed by atoms with Gasteiger partial charge in [-0.3, -0.25) is 0 Å². The van der Waals surface area contributed by atoms with Crippen molar-refractivity contribution in [2.75, 3.05) is 27.3 Å². The molecule has 3 rings (SSSR count). The van der Waals surface area contributed by atoms with Gasteiger partial charge in [0.25, 0.3) is 0 Å². The third kappa shape index (κ3) is 1.77. The SMILES string of the molecule is COc1cc(C2CCNC2)c(OC)c2c1CCC2. The van der Waals surface area contributed by atoms with Crippen LogP contribution in [0.15, 0.2) is 6.07 Å². The van der Waals surface area contributed by atoms with E-state index in [9.17, 15) is 0 Å². The van der Waals surface area contributed by atoms with Crippen molar-refractivity contribution >= 4 is 0 Å². The molecule has 0 amide bonds. The van der Waals surface area contributed by atoms with Crippen LogP contribution in [-0.2, 0) is 12.8 Å². The van der Waals surface area contributed by atoms with Gasteiger partial charge in [0.15, 0.2) is 0 Å². The normalized spacial score (nSPS) is 22.0. The van der Waals surface area contributed by atoms with Gasteiger partial charge in [0, 0.05) is 29.2 Å². The molecule has 0 spiro atoms. The molecule has 0 saturated carbocycles. The fraction of sp³-hybridized carbons (Fsp3) is 0.600. The Bertz CT molecular complexity index is 450. The highest BCUT2D eigenvalue weighted by atomic mass is 16.5. The average molecular weight is 247 g/mol. The van der Waals surface area contributed by atoms with Crippen LogP contribution in [0.4, 0.5) is 0 Å². The zero-order chi connectivity index (χ0) is 12.5. The molecule has 2 aliphatic rings. The molecule has 0 radical (unpaired) electrons. The lowest BCUT2D eigenvalue weighted by Crippen LogP contribution is -2.10. The lowest BCUT2D eigenvalue weighted by molar-refractivity contribution is 0.390. The highest BCUT2D eigenvalue weighted by Crippen LogP contribution is 2.43. The second kappa shape index (κ2) is 4.81. The minimum absolute atomic E-state index is 0.569. The van der Waals surface area contributed by atoms with E-state index in [1.54, 1.807) is 14.2 Å². The van der Waals surface area contributed by atoms with Crippen LogP contribution >= 0.6 is 0 Å². The summed E-state index contributed by atoms with van der Waals surface area (Å²) in [6.07, 6.45) is 4.66. The van der Waals surface area contributed by atoms with E-state index in [2.05, 4.69) is 11.4 Å². The molecule has 1 aromatic rings. The summed E-state index contributed by atoms with van der Waals surface area (Å²) < 4.78 is 11.3. The zero-order valence-corrected chi connectivity index (χ0v) is 11.2. The number of hydrogen-bond acceptors (Lipinski definition) is 3. The Morgan fingerprint density at radius 3 is 2.67 bits per heavy atom. The molecular weight excluding hydrogens is 226 g/mol. The number of rotatable bonds is 3. The molecule has 1 heterocycles. The van der Waals surface area contributed by atoms with Crippen LogP contribution in [0.25, 0.3) is 0 Å². The smallest absolute Gasteiger partial charge is 0.126 e. The minimum atomic E-state index is 0.569. The molecule has 1 N–H and O–H groups in total. The number of nitrogens with one attached hydrogen (secondary N) is 1. The van der Waals surface area contributed by atoms with Crippen LogP contribution in [0.2, 0.25) is 0 Å². The van der Waals surface area contributed by atoms with Gasteiger partial charge in [-0.05, 0) is 38.3 Å². The quantitative estimate of drug-likeness (QED) is 0.889. The number of benzene rings is 1. The van der Waals surface area contributed by atoms with Crippen LogP contribution in [0.1, 0.15) is 35.4 Å². The van der Waals surface area contributed by atoms with E-state index in [-0.39, 0.29) is 0 Å². The van der Waals surface area contributed by atoms with Crippen LogP contribution in [0, 0.1) is 0 Å². The average Bonchev–Trinajstić information content (AvgIpc) is 3.07. The van der Waals surface area contributed by atoms with E-state index in [0.717, 1.165) is 37.4 Å². The second-order valence-electron chi connectivity index (χ2n) is 5.20. The first-order chi connectivity index (χ1) is 8.85. The minimum Gasteiger partial charge on any atom is -0.496 e. The third-order valence-corrected chi connectivity index (χ3v) is 4.26. The van der Waals surface area contributed by atoms with Crippen molar-refractivity contribution in [3.8, 4) is 11.5 Å². The van der Waals surface area contributed by atoms with Crippen molar-refractivity contribution in [2.24, 2.45) is 0 Å². The molecule has 1 fully saturated rings. The topological polar surface area (TPSA) is 30.5 Å². The van der Waals surface area contributed by atoms with Gasteiger partial charge < -0.3 is 14.8 Å². The Balaban J connectivity index is 2.11. The molecular formula is C15H21NO2. The van der Waals surface area contributed by atoms with Crippen LogP contribution in [-0.4, -0.2) is 27.3 Å². The molecule has 1 saturated heterocycles. The standard InChI is InChI=1S/C15H21NO2/c1-17-14-8-13(10-6-7-16-9-10)15(18-2)12-5-3-4-11(12)14/h8,10,16H,3-7,9H2,1-2H3. The first-order valence-electron chi connectivity index (χ1n) is 6.82. The summed E-state index contributed by atoms with van der Waals surface area (Å²) >= 11 is 0. The van der Waals surface area contributed by atoms with Gasteiger partial charge >= 0.3 is 0 Å². The lowest BCUT2D eigenvalue weighted by Gasteiger charge is -2.19. The van der Waals surface area contributed by atoms with Gasteiger partial charge in [-0.2, -0.15) is 0 Å². The van der Waals surface area contributed by atoms with Crippen molar-refractivity contribution in [2.45, 2.75) is 31.6 Å². The van der Waals surface area contributed by atoms with Crippen molar-refractivity contribution < 1.29 is 9.47 Å². The third-order valence-electron chi connectivity index (χ3n) is 4.26. The van der Waals surface area contributed by atoms with Gasteiger partial charge in [0.1, 0.15) is 11.5 Å². The first-order valence-corrected chi connectivity index (χ1v) is 6.82. The summed E-state index contributed by atoms with van der Waals surface area (Å²) in [6, 6.07) is 2.21. The van der Waals surface area contributed by atoms with E-state index in [1.807, 2.05) is 0 Å². The molecule has 0 aromatic heterocycles. The van der Waals surface area contributed by atoms with Crippen LogP contribution in [0.3, 0.4) is 0 Å². The van der Waals surface area contributed by atoms with Gasteiger partial charge in [0.05, 0.1) is 14.2 Å². The molecule has 3 nitrogen and oxygen atoms in total. The Kier molecular flexibility index (Phi) is 3.16.